The summed E-state index contributed by atoms with van der Waals surface area (Å²) in [7, 11) is 0. The van der Waals surface area contributed by atoms with Crippen LogP contribution in [0.1, 0.15) is 26.2 Å². The number of likely N-dealkylation sites (N-methyl/N-ethyl adjacent to an activating group) is 1. The molecule has 0 aromatic heterocycles. The smallest absolute Gasteiger partial charge is 0.323 e. The highest BCUT2D eigenvalue weighted by atomic mass is 35.5. The number of carbonyl (C=O) groups excluding carboxylic acids is 2. The Morgan fingerprint density at radius 2 is 2.18 bits per heavy atom. The average Bonchev–Trinajstić information content (AvgIpc) is 2.43. The van der Waals surface area contributed by atoms with Crippen LogP contribution in [0.5, 0.6) is 0 Å². The van der Waals surface area contributed by atoms with E-state index in [9.17, 15) is 9.59 Å². The number of urea groups is 1. The van der Waals surface area contributed by atoms with Crippen LogP contribution in [-0.4, -0.2) is 41.5 Å². The third-order valence-electron chi connectivity index (χ3n) is 4.35. The molecule has 0 aromatic rings. The Hall–Kier alpha value is -0.810. The number of hydrogen-bond donors (Lipinski definition) is 2. The molecule has 17 heavy (non-hydrogen) atoms. The average molecular weight is 260 g/mol. The molecule has 0 aromatic carbocycles. The summed E-state index contributed by atoms with van der Waals surface area (Å²) in [4.78, 5) is 25.4. The van der Waals surface area contributed by atoms with E-state index in [1.54, 1.807) is 0 Å². The van der Waals surface area contributed by atoms with Crippen molar-refractivity contribution in [1.29, 1.82) is 0 Å². The fraction of sp³-hybridized carbons (Fsp3) is 0.818. The van der Waals surface area contributed by atoms with Crippen molar-refractivity contribution in [3.8, 4) is 0 Å². The van der Waals surface area contributed by atoms with Gasteiger partial charge in [0.1, 0.15) is 5.54 Å². The second-order valence-electron chi connectivity index (χ2n) is 4.95. The van der Waals surface area contributed by atoms with Crippen LogP contribution < -0.4 is 10.6 Å². The van der Waals surface area contributed by atoms with Crippen LogP contribution >= 0.6 is 12.4 Å². The van der Waals surface area contributed by atoms with E-state index < -0.39 is 5.54 Å². The predicted molar refractivity (Wildman–Crippen MR) is 65.0 cm³/mol. The van der Waals surface area contributed by atoms with Gasteiger partial charge in [-0.25, -0.2) is 4.79 Å². The predicted octanol–water partition coefficient (Wildman–Crippen LogP) is 0.491. The third-order valence-corrected chi connectivity index (χ3v) is 4.35. The number of carbonyl (C=O) groups is 2. The molecule has 3 rings (SSSR count). The maximum Gasteiger partial charge on any atom is 0.325 e. The molecule has 2 aliphatic heterocycles. The third kappa shape index (κ3) is 1.48. The van der Waals surface area contributed by atoms with Crippen LogP contribution in [0.25, 0.3) is 0 Å². The monoisotopic (exact) mass is 259 g/mol. The molecule has 96 valence electrons. The number of imide groups is 1. The molecular formula is C11H18ClN3O2. The minimum atomic E-state index is -0.582. The lowest BCUT2D eigenvalue weighted by Gasteiger charge is -2.51. The molecule has 1 saturated carbocycles. The molecule has 0 bridgehead atoms. The highest BCUT2D eigenvalue weighted by Gasteiger charge is 2.60. The summed E-state index contributed by atoms with van der Waals surface area (Å²) >= 11 is 0. The van der Waals surface area contributed by atoms with Crippen LogP contribution in [0, 0.1) is 5.92 Å². The van der Waals surface area contributed by atoms with E-state index in [1.165, 1.54) is 4.90 Å². The minimum absolute atomic E-state index is 0. The Kier molecular flexibility index (Phi) is 3.08. The summed E-state index contributed by atoms with van der Waals surface area (Å²) in [6.45, 7) is 3.14. The van der Waals surface area contributed by atoms with Gasteiger partial charge in [0.25, 0.3) is 5.91 Å². The Balaban J connectivity index is 0.00000108. The van der Waals surface area contributed by atoms with Gasteiger partial charge in [-0.2, -0.15) is 0 Å². The largest absolute Gasteiger partial charge is 0.325 e. The molecule has 2 saturated heterocycles. The molecular weight excluding hydrogens is 242 g/mol. The van der Waals surface area contributed by atoms with Crippen molar-refractivity contribution in [2.75, 3.05) is 13.1 Å². The Labute approximate surface area is 107 Å². The number of halogens is 1. The molecule has 2 N–H and O–H groups in total. The van der Waals surface area contributed by atoms with E-state index in [2.05, 4.69) is 10.6 Å². The van der Waals surface area contributed by atoms with Gasteiger partial charge in [-0.3, -0.25) is 9.69 Å². The maximum atomic E-state index is 12.3. The van der Waals surface area contributed by atoms with Crippen LogP contribution in [0.2, 0.25) is 0 Å². The van der Waals surface area contributed by atoms with Gasteiger partial charge in [0.05, 0.1) is 0 Å². The quantitative estimate of drug-likeness (QED) is 0.674. The van der Waals surface area contributed by atoms with Crippen molar-refractivity contribution in [3.05, 3.63) is 0 Å². The highest BCUT2D eigenvalue weighted by Crippen LogP contribution is 2.44. The van der Waals surface area contributed by atoms with Gasteiger partial charge < -0.3 is 10.6 Å². The molecule has 3 amide bonds. The fourth-order valence-corrected chi connectivity index (χ4v) is 3.33. The molecule has 1 aliphatic carbocycles. The molecule has 0 radical (unpaired) electrons. The zero-order chi connectivity index (χ0) is 11.3. The van der Waals surface area contributed by atoms with E-state index >= 15 is 0 Å². The second-order valence-corrected chi connectivity index (χ2v) is 4.95. The highest BCUT2D eigenvalue weighted by molar-refractivity contribution is 6.07. The Morgan fingerprint density at radius 1 is 1.41 bits per heavy atom. The first-order valence-electron chi connectivity index (χ1n) is 6.06. The summed E-state index contributed by atoms with van der Waals surface area (Å²) in [6, 6.07) is 0.217. The van der Waals surface area contributed by atoms with Gasteiger partial charge >= 0.3 is 6.03 Å². The SMILES string of the molecule is CCN1C(=O)NC2(CCNC3CCC32)C1=O.Cl. The number of hydrogen-bond acceptors (Lipinski definition) is 3. The van der Waals surface area contributed by atoms with Crippen LogP contribution in [0.15, 0.2) is 0 Å². The number of nitrogens with zero attached hydrogens (tertiary/aromatic N) is 1. The Bertz CT molecular complexity index is 363. The fourth-order valence-electron chi connectivity index (χ4n) is 3.33. The van der Waals surface area contributed by atoms with Crippen LogP contribution in [0.3, 0.4) is 0 Å². The van der Waals surface area contributed by atoms with Crippen molar-refractivity contribution >= 4 is 24.3 Å². The normalized spacial score (nSPS) is 39.5. The first kappa shape index (κ1) is 12.6. The lowest BCUT2D eigenvalue weighted by Crippen LogP contribution is -2.68. The van der Waals surface area contributed by atoms with E-state index in [1.807, 2.05) is 6.92 Å². The van der Waals surface area contributed by atoms with Crippen molar-refractivity contribution in [2.45, 2.75) is 37.8 Å². The van der Waals surface area contributed by atoms with Crippen molar-refractivity contribution < 1.29 is 9.59 Å². The van der Waals surface area contributed by atoms with Gasteiger partial charge in [-0.15, -0.1) is 12.4 Å². The second kappa shape index (κ2) is 4.14. The first-order valence-corrected chi connectivity index (χ1v) is 6.06. The lowest BCUT2D eigenvalue weighted by atomic mass is 9.63. The number of fused-ring (bicyclic) bond motifs is 2. The molecule has 3 fully saturated rings. The van der Waals surface area contributed by atoms with E-state index in [4.69, 9.17) is 0 Å². The maximum absolute atomic E-state index is 12.3. The standard InChI is InChI=1S/C11H17N3O2.ClH/c1-2-14-9(15)11(13-10(14)16)5-6-12-8-4-3-7(8)11;/h7-8,12H,2-6H2,1H3,(H,13,16);1H. The van der Waals surface area contributed by atoms with E-state index in [-0.39, 0.29) is 24.3 Å². The summed E-state index contributed by atoms with van der Waals surface area (Å²) in [5, 5.41) is 6.36. The zero-order valence-electron chi connectivity index (χ0n) is 9.86. The molecule has 3 atom stereocenters. The summed E-state index contributed by atoms with van der Waals surface area (Å²) < 4.78 is 0. The van der Waals surface area contributed by atoms with Gasteiger partial charge in [-0.05, 0) is 32.7 Å². The van der Waals surface area contributed by atoms with Crippen molar-refractivity contribution in [3.63, 3.8) is 0 Å². The number of piperidine rings is 1. The number of nitrogens with one attached hydrogen (secondary N) is 2. The summed E-state index contributed by atoms with van der Waals surface area (Å²) in [5.41, 5.74) is -0.582. The topological polar surface area (TPSA) is 61.4 Å². The minimum Gasteiger partial charge on any atom is -0.323 e. The lowest BCUT2D eigenvalue weighted by molar-refractivity contribution is -0.137. The summed E-state index contributed by atoms with van der Waals surface area (Å²) in [5.74, 6) is 0.297. The van der Waals surface area contributed by atoms with E-state index in [0.717, 1.165) is 25.8 Å². The molecule has 3 aliphatic rings. The van der Waals surface area contributed by atoms with Gasteiger partial charge in [0.2, 0.25) is 0 Å². The molecule has 1 spiro atoms. The van der Waals surface area contributed by atoms with Gasteiger partial charge in [0.15, 0.2) is 0 Å². The van der Waals surface area contributed by atoms with Crippen molar-refractivity contribution in [2.24, 2.45) is 5.92 Å². The van der Waals surface area contributed by atoms with Crippen LogP contribution in [-0.2, 0) is 4.79 Å². The zero-order valence-corrected chi connectivity index (χ0v) is 10.7. The molecule has 3 unspecified atom stereocenters. The molecule has 6 heteroatoms. The van der Waals surface area contributed by atoms with Crippen LogP contribution in [0.4, 0.5) is 4.79 Å². The molecule has 2 heterocycles. The summed E-state index contributed by atoms with van der Waals surface area (Å²) in [6.07, 6.45) is 2.90. The van der Waals surface area contributed by atoms with Gasteiger partial charge in [0, 0.05) is 18.5 Å². The van der Waals surface area contributed by atoms with Gasteiger partial charge in [-0.1, -0.05) is 0 Å². The number of amides is 3. The molecule has 5 nitrogen and oxygen atoms in total. The number of rotatable bonds is 1. The Morgan fingerprint density at radius 3 is 2.71 bits per heavy atom. The first-order chi connectivity index (χ1) is 7.69. The van der Waals surface area contributed by atoms with Crippen molar-refractivity contribution in [1.82, 2.24) is 15.5 Å². The van der Waals surface area contributed by atoms with E-state index in [0.29, 0.717) is 18.5 Å².